The standard InChI is InChI=1S/C25H26N4O7S/c1-5-6-10-20-26-23(30)22(25(31)29(20)21-18(34-3)8-7-9-19(21)35-4)37(32,33)17-13-11-16(12-14-17)24-28-27-15(2)36-24/h7-9,11-14,30H,5-6,10H2,1-4H3. The number of para-hydroxylation sites is 1. The van der Waals surface area contributed by atoms with E-state index < -0.39 is 26.2 Å². The normalized spacial score (nSPS) is 11.5. The highest BCUT2D eigenvalue weighted by Crippen LogP contribution is 2.34. The lowest BCUT2D eigenvalue weighted by atomic mass is 10.2. The van der Waals surface area contributed by atoms with Crippen molar-refractivity contribution in [2.24, 2.45) is 0 Å². The van der Waals surface area contributed by atoms with Crippen LogP contribution in [0.4, 0.5) is 0 Å². The second-order valence-corrected chi connectivity index (χ2v) is 9.98. The number of nitrogens with zero attached hydrogens (tertiary/aromatic N) is 4. The molecule has 12 heteroatoms. The van der Waals surface area contributed by atoms with Gasteiger partial charge in [-0.15, -0.1) is 10.2 Å². The Hall–Kier alpha value is -4.19. The summed E-state index contributed by atoms with van der Waals surface area (Å²) in [4.78, 5) is 16.9. The number of methoxy groups -OCH3 is 2. The van der Waals surface area contributed by atoms with Crippen molar-refractivity contribution in [1.29, 1.82) is 0 Å². The fourth-order valence-electron chi connectivity index (χ4n) is 3.87. The molecule has 2 heterocycles. The molecule has 0 saturated carbocycles. The lowest BCUT2D eigenvalue weighted by Gasteiger charge is -2.19. The van der Waals surface area contributed by atoms with E-state index in [1.807, 2.05) is 6.92 Å². The third kappa shape index (κ3) is 4.79. The molecule has 0 bridgehead atoms. The number of benzene rings is 2. The summed E-state index contributed by atoms with van der Waals surface area (Å²) in [6, 6.07) is 10.4. The number of rotatable bonds is 9. The number of sulfone groups is 1. The van der Waals surface area contributed by atoms with Crippen LogP contribution in [0.5, 0.6) is 17.4 Å². The SMILES string of the molecule is CCCCc1nc(O)c(S(=O)(=O)c2ccc(-c3nnc(C)o3)cc2)c(=O)n1-c1c(OC)cccc1OC. The maximum atomic E-state index is 13.9. The first-order chi connectivity index (χ1) is 17.7. The summed E-state index contributed by atoms with van der Waals surface area (Å²) < 4.78 is 44.7. The third-order valence-corrected chi connectivity index (χ3v) is 7.47. The Kier molecular flexibility index (Phi) is 7.30. The Morgan fingerprint density at radius 2 is 1.68 bits per heavy atom. The lowest BCUT2D eigenvalue weighted by molar-refractivity contribution is 0.386. The maximum absolute atomic E-state index is 13.9. The van der Waals surface area contributed by atoms with E-state index in [0.717, 1.165) is 11.0 Å². The second kappa shape index (κ2) is 10.4. The minimum atomic E-state index is -4.50. The van der Waals surface area contributed by atoms with Crippen molar-refractivity contribution in [3.8, 4) is 34.5 Å². The molecule has 11 nitrogen and oxygen atoms in total. The van der Waals surface area contributed by atoms with Crippen molar-refractivity contribution < 1.29 is 27.4 Å². The van der Waals surface area contributed by atoms with Crippen LogP contribution in [0, 0.1) is 6.92 Å². The predicted molar refractivity (Wildman–Crippen MR) is 133 cm³/mol. The van der Waals surface area contributed by atoms with Crippen LogP contribution in [0.25, 0.3) is 17.1 Å². The molecule has 0 atom stereocenters. The summed E-state index contributed by atoms with van der Waals surface area (Å²) in [5.74, 6) is 0.421. The van der Waals surface area contributed by atoms with Crippen molar-refractivity contribution in [3.05, 3.63) is 64.5 Å². The van der Waals surface area contributed by atoms with Crippen LogP contribution in [-0.4, -0.2) is 47.5 Å². The van der Waals surface area contributed by atoms with E-state index in [9.17, 15) is 18.3 Å². The van der Waals surface area contributed by atoms with Crippen LogP contribution in [0.3, 0.4) is 0 Å². The van der Waals surface area contributed by atoms with Crippen molar-refractivity contribution in [2.45, 2.75) is 42.9 Å². The van der Waals surface area contributed by atoms with Crippen LogP contribution in [0.2, 0.25) is 0 Å². The van der Waals surface area contributed by atoms with Gasteiger partial charge in [-0.3, -0.25) is 9.36 Å². The van der Waals surface area contributed by atoms with E-state index in [4.69, 9.17) is 13.9 Å². The molecule has 0 spiro atoms. The molecule has 0 aliphatic heterocycles. The van der Waals surface area contributed by atoms with Crippen LogP contribution in [-0.2, 0) is 16.3 Å². The summed E-state index contributed by atoms with van der Waals surface area (Å²) in [7, 11) is -1.65. The number of hydrogen-bond donors (Lipinski definition) is 1. The second-order valence-electron chi connectivity index (χ2n) is 8.09. The Morgan fingerprint density at radius 1 is 1.03 bits per heavy atom. The monoisotopic (exact) mass is 526 g/mol. The fourth-order valence-corrected chi connectivity index (χ4v) is 5.20. The minimum absolute atomic E-state index is 0.174. The number of hydrogen-bond acceptors (Lipinski definition) is 10. The maximum Gasteiger partial charge on any atom is 0.281 e. The first kappa shape index (κ1) is 25.9. The molecule has 0 unspecified atom stereocenters. The Bertz CT molecular complexity index is 1570. The van der Waals surface area contributed by atoms with Gasteiger partial charge in [0.2, 0.25) is 27.5 Å². The van der Waals surface area contributed by atoms with E-state index >= 15 is 0 Å². The Labute approximate surface area is 213 Å². The van der Waals surface area contributed by atoms with Gasteiger partial charge in [-0.25, -0.2) is 8.42 Å². The molecule has 194 valence electrons. The largest absolute Gasteiger partial charge is 0.494 e. The Morgan fingerprint density at radius 3 is 2.22 bits per heavy atom. The van der Waals surface area contributed by atoms with Gasteiger partial charge in [0.1, 0.15) is 23.0 Å². The number of ether oxygens (including phenoxy) is 2. The summed E-state index contributed by atoms with van der Waals surface area (Å²) in [6.45, 7) is 3.60. The zero-order valence-electron chi connectivity index (χ0n) is 20.8. The summed E-state index contributed by atoms with van der Waals surface area (Å²) in [5, 5.41) is 18.4. The van der Waals surface area contributed by atoms with Crippen molar-refractivity contribution in [3.63, 3.8) is 0 Å². The fraction of sp³-hybridized carbons (Fsp3) is 0.280. The average molecular weight is 527 g/mol. The van der Waals surface area contributed by atoms with Crippen LogP contribution >= 0.6 is 0 Å². The quantitative estimate of drug-likeness (QED) is 0.344. The molecule has 2 aromatic heterocycles. The Balaban J connectivity index is 1.93. The molecular weight excluding hydrogens is 500 g/mol. The van der Waals surface area contributed by atoms with Crippen LogP contribution < -0.4 is 15.0 Å². The molecule has 0 amide bonds. The predicted octanol–water partition coefficient (Wildman–Crippen LogP) is 3.49. The average Bonchev–Trinajstić information content (AvgIpc) is 3.33. The lowest BCUT2D eigenvalue weighted by Crippen LogP contribution is -2.29. The molecular formula is C25H26N4O7S. The van der Waals surface area contributed by atoms with Crippen LogP contribution in [0.1, 0.15) is 31.5 Å². The number of aryl methyl sites for hydroxylation is 2. The molecule has 4 aromatic rings. The summed E-state index contributed by atoms with van der Waals surface area (Å²) >= 11 is 0. The molecule has 0 aliphatic rings. The van der Waals surface area contributed by atoms with E-state index in [1.54, 1.807) is 25.1 Å². The van der Waals surface area contributed by atoms with Gasteiger partial charge in [-0.2, -0.15) is 4.98 Å². The number of aromatic nitrogens is 4. The van der Waals surface area contributed by atoms with E-state index in [2.05, 4.69) is 15.2 Å². The van der Waals surface area contributed by atoms with Gasteiger partial charge in [0, 0.05) is 18.9 Å². The van der Waals surface area contributed by atoms with Gasteiger partial charge in [-0.1, -0.05) is 19.4 Å². The van der Waals surface area contributed by atoms with Gasteiger partial charge in [0.15, 0.2) is 4.90 Å². The van der Waals surface area contributed by atoms with E-state index in [1.165, 1.54) is 38.5 Å². The van der Waals surface area contributed by atoms with Gasteiger partial charge in [-0.05, 0) is 42.8 Å². The molecule has 1 N–H and O–H groups in total. The van der Waals surface area contributed by atoms with Crippen molar-refractivity contribution in [1.82, 2.24) is 19.7 Å². The first-order valence-electron chi connectivity index (χ1n) is 11.4. The molecule has 4 rings (SSSR count). The van der Waals surface area contributed by atoms with Gasteiger partial charge in [0.05, 0.1) is 19.1 Å². The highest BCUT2D eigenvalue weighted by molar-refractivity contribution is 7.91. The number of unbranched alkanes of at least 4 members (excludes halogenated alkanes) is 1. The highest BCUT2D eigenvalue weighted by atomic mass is 32.2. The highest BCUT2D eigenvalue weighted by Gasteiger charge is 2.31. The topological polar surface area (TPSA) is 147 Å². The molecule has 37 heavy (non-hydrogen) atoms. The zero-order chi connectivity index (χ0) is 26.7. The molecule has 0 fully saturated rings. The van der Waals surface area contributed by atoms with E-state index in [0.29, 0.717) is 24.3 Å². The van der Waals surface area contributed by atoms with Crippen molar-refractivity contribution >= 4 is 9.84 Å². The smallest absolute Gasteiger partial charge is 0.281 e. The first-order valence-corrected chi connectivity index (χ1v) is 12.9. The minimum Gasteiger partial charge on any atom is -0.494 e. The molecule has 0 radical (unpaired) electrons. The summed E-state index contributed by atoms with van der Waals surface area (Å²) in [6.07, 6.45) is 1.73. The molecule has 0 saturated heterocycles. The third-order valence-electron chi connectivity index (χ3n) is 5.68. The summed E-state index contributed by atoms with van der Waals surface area (Å²) in [5.41, 5.74) is -0.291. The number of aromatic hydroxyl groups is 1. The zero-order valence-corrected chi connectivity index (χ0v) is 21.6. The molecule has 0 aliphatic carbocycles. The van der Waals surface area contributed by atoms with Crippen molar-refractivity contribution in [2.75, 3.05) is 14.2 Å². The molecule has 2 aromatic carbocycles. The van der Waals surface area contributed by atoms with Crippen LogP contribution in [0.15, 0.2) is 61.5 Å². The van der Waals surface area contributed by atoms with E-state index in [-0.39, 0.29) is 33.8 Å². The van der Waals surface area contributed by atoms with Gasteiger partial charge >= 0.3 is 0 Å². The van der Waals surface area contributed by atoms with Gasteiger partial charge in [0.25, 0.3) is 5.56 Å². The van der Waals surface area contributed by atoms with Gasteiger partial charge < -0.3 is 19.0 Å².